The average Bonchev–Trinajstić information content (AvgIpc) is 2.59. The number of ether oxygens (including phenoxy) is 1. The molecule has 0 unspecified atom stereocenters. The SMILES string of the molecule is COc1cc2oc(=O)cc(-c3ccccc3)c2cc1CCC(=O)O. The van der Waals surface area contributed by atoms with Gasteiger partial charge in [0.15, 0.2) is 0 Å². The van der Waals surface area contributed by atoms with Gasteiger partial charge in [0.25, 0.3) is 0 Å². The van der Waals surface area contributed by atoms with E-state index >= 15 is 0 Å². The minimum Gasteiger partial charge on any atom is -0.496 e. The fraction of sp³-hybridized carbons (Fsp3) is 0.158. The van der Waals surface area contributed by atoms with Crippen molar-refractivity contribution in [2.24, 2.45) is 0 Å². The molecular weight excluding hydrogens is 308 g/mol. The Morgan fingerprint density at radius 2 is 1.92 bits per heavy atom. The Morgan fingerprint density at radius 3 is 2.58 bits per heavy atom. The third kappa shape index (κ3) is 3.15. The van der Waals surface area contributed by atoms with Crippen LogP contribution in [0.4, 0.5) is 0 Å². The summed E-state index contributed by atoms with van der Waals surface area (Å²) in [6.07, 6.45) is 0.334. The number of fused-ring (bicyclic) bond motifs is 1. The van der Waals surface area contributed by atoms with E-state index < -0.39 is 11.6 Å². The van der Waals surface area contributed by atoms with Crippen molar-refractivity contribution in [3.8, 4) is 16.9 Å². The summed E-state index contributed by atoms with van der Waals surface area (Å²) in [5, 5.41) is 9.67. The highest BCUT2D eigenvalue weighted by Gasteiger charge is 2.13. The molecule has 0 atom stereocenters. The highest BCUT2D eigenvalue weighted by atomic mass is 16.5. The van der Waals surface area contributed by atoms with Crippen molar-refractivity contribution in [1.29, 1.82) is 0 Å². The second-order valence-corrected chi connectivity index (χ2v) is 5.40. The molecule has 1 N–H and O–H groups in total. The molecule has 0 bridgehead atoms. The Kier molecular flexibility index (Phi) is 4.33. The van der Waals surface area contributed by atoms with Crippen molar-refractivity contribution in [2.75, 3.05) is 7.11 Å². The molecule has 3 rings (SSSR count). The highest BCUT2D eigenvalue weighted by molar-refractivity contribution is 5.94. The summed E-state index contributed by atoms with van der Waals surface area (Å²) in [6.45, 7) is 0. The molecule has 0 radical (unpaired) electrons. The molecule has 2 aromatic carbocycles. The van der Waals surface area contributed by atoms with Crippen LogP contribution in [0.3, 0.4) is 0 Å². The maximum absolute atomic E-state index is 11.9. The molecule has 1 aromatic heterocycles. The first-order valence-corrected chi connectivity index (χ1v) is 7.50. The number of carboxylic acids is 1. The van der Waals surface area contributed by atoms with Gasteiger partial charge in [-0.15, -0.1) is 0 Å². The van der Waals surface area contributed by atoms with Crippen LogP contribution in [-0.4, -0.2) is 18.2 Å². The highest BCUT2D eigenvalue weighted by Crippen LogP contribution is 2.32. The van der Waals surface area contributed by atoms with E-state index in [4.69, 9.17) is 14.3 Å². The zero-order valence-electron chi connectivity index (χ0n) is 13.1. The van der Waals surface area contributed by atoms with Gasteiger partial charge in [-0.2, -0.15) is 0 Å². The summed E-state index contributed by atoms with van der Waals surface area (Å²) < 4.78 is 10.6. The summed E-state index contributed by atoms with van der Waals surface area (Å²) in [5.74, 6) is -0.364. The molecule has 0 aliphatic carbocycles. The summed E-state index contributed by atoms with van der Waals surface area (Å²) in [5.41, 5.74) is 2.38. The molecule has 0 saturated heterocycles. The van der Waals surface area contributed by atoms with E-state index in [1.165, 1.54) is 13.2 Å². The molecule has 3 aromatic rings. The molecule has 5 heteroatoms. The van der Waals surface area contributed by atoms with Gasteiger partial charge in [0, 0.05) is 23.9 Å². The molecule has 5 nitrogen and oxygen atoms in total. The third-order valence-corrected chi connectivity index (χ3v) is 3.84. The standard InChI is InChI=1S/C19H16O5/c1-23-16-11-17-15(9-13(16)7-8-18(20)21)14(10-19(22)24-17)12-5-3-2-4-6-12/h2-6,9-11H,7-8H2,1H3,(H,20,21). The number of hydrogen-bond donors (Lipinski definition) is 1. The summed E-state index contributed by atoms with van der Waals surface area (Å²) in [6, 6.07) is 14.4. The minimum absolute atomic E-state index is 0.000676. The maximum atomic E-state index is 11.9. The normalized spacial score (nSPS) is 10.7. The van der Waals surface area contributed by atoms with E-state index in [2.05, 4.69) is 0 Å². The summed E-state index contributed by atoms with van der Waals surface area (Å²) >= 11 is 0. The molecule has 1 heterocycles. The van der Waals surface area contributed by atoms with Gasteiger partial charge in [0.1, 0.15) is 11.3 Å². The number of methoxy groups -OCH3 is 1. The van der Waals surface area contributed by atoms with Gasteiger partial charge < -0.3 is 14.3 Å². The van der Waals surface area contributed by atoms with E-state index in [0.29, 0.717) is 17.8 Å². The van der Waals surface area contributed by atoms with Crippen LogP contribution in [0, 0.1) is 0 Å². The largest absolute Gasteiger partial charge is 0.496 e. The predicted molar refractivity (Wildman–Crippen MR) is 90.4 cm³/mol. The number of aryl methyl sites for hydroxylation is 1. The van der Waals surface area contributed by atoms with Crippen molar-refractivity contribution in [3.05, 3.63) is 64.5 Å². The Balaban J connectivity index is 2.23. The van der Waals surface area contributed by atoms with Crippen molar-refractivity contribution in [3.63, 3.8) is 0 Å². The zero-order chi connectivity index (χ0) is 17.1. The molecule has 0 aliphatic heterocycles. The van der Waals surface area contributed by atoms with Gasteiger partial charge in [-0.25, -0.2) is 4.79 Å². The molecule has 122 valence electrons. The monoisotopic (exact) mass is 324 g/mol. The molecule has 24 heavy (non-hydrogen) atoms. The smallest absolute Gasteiger partial charge is 0.336 e. The van der Waals surface area contributed by atoms with Gasteiger partial charge in [-0.1, -0.05) is 30.3 Å². The number of aliphatic carboxylic acids is 1. The van der Waals surface area contributed by atoms with Gasteiger partial charge in [-0.05, 0) is 29.2 Å². The van der Waals surface area contributed by atoms with Crippen LogP contribution < -0.4 is 10.4 Å². The first-order chi connectivity index (χ1) is 11.6. The topological polar surface area (TPSA) is 76.7 Å². The number of hydrogen-bond acceptors (Lipinski definition) is 4. The van der Waals surface area contributed by atoms with Gasteiger partial charge in [-0.3, -0.25) is 4.79 Å². The number of carboxylic acid groups (broad SMARTS) is 1. The first-order valence-electron chi connectivity index (χ1n) is 7.50. The molecular formula is C19H16O5. The Morgan fingerprint density at radius 1 is 1.17 bits per heavy atom. The second-order valence-electron chi connectivity index (χ2n) is 5.40. The summed E-state index contributed by atoms with van der Waals surface area (Å²) in [7, 11) is 1.50. The van der Waals surface area contributed by atoms with Gasteiger partial charge >= 0.3 is 11.6 Å². The van der Waals surface area contributed by atoms with Crippen LogP contribution in [-0.2, 0) is 11.2 Å². The minimum atomic E-state index is -0.875. The van der Waals surface area contributed by atoms with E-state index in [1.54, 1.807) is 6.07 Å². The summed E-state index contributed by atoms with van der Waals surface area (Å²) in [4.78, 5) is 22.8. The Hall–Kier alpha value is -3.08. The number of benzene rings is 2. The molecule has 0 saturated carbocycles. The van der Waals surface area contributed by atoms with Crippen molar-refractivity contribution >= 4 is 16.9 Å². The lowest BCUT2D eigenvalue weighted by Gasteiger charge is -2.11. The lowest BCUT2D eigenvalue weighted by atomic mass is 9.98. The quantitative estimate of drug-likeness (QED) is 0.727. The second kappa shape index (κ2) is 6.58. The van der Waals surface area contributed by atoms with Gasteiger partial charge in [0.05, 0.1) is 7.11 Å². The van der Waals surface area contributed by atoms with E-state index in [9.17, 15) is 9.59 Å². The Bertz CT molecular complexity index is 941. The molecule has 0 amide bonds. The first kappa shape index (κ1) is 15.8. The lowest BCUT2D eigenvalue weighted by molar-refractivity contribution is -0.136. The van der Waals surface area contributed by atoms with Gasteiger partial charge in [0.2, 0.25) is 0 Å². The average molecular weight is 324 g/mol. The Labute approximate surface area is 138 Å². The molecule has 0 fully saturated rings. The lowest BCUT2D eigenvalue weighted by Crippen LogP contribution is -2.02. The number of carbonyl (C=O) groups is 1. The molecule has 0 spiro atoms. The van der Waals surface area contributed by atoms with Crippen LogP contribution in [0.25, 0.3) is 22.1 Å². The van der Waals surface area contributed by atoms with Crippen LogP contribution in [0.1, 0.15) is 12.0 Å². The van der Waals surface area contributed by atoms with Crippen molar-refractivity contribution in [2.45, 2.75) is 12.8 Å². The fourth-order valence-corrected chi connectivity index (χ4v) is 2.72. The van der Waals surface area contributed by atoms with Crippen LogP contribution >= 0.6 is 0 Å². The maximum Gasteiger partial charge on any atom is 0.336 e. The van der Waals surface area contributed by atoms with E-state index in [-0.39, 0.29) is 6.42 Å². The van der Waals surface area contributed by atoms with Crippen LogP contribution in [0.5, 0.6) is 5.75 Å². The van der Waals surface area contributed by atoms with Crippen molar-refractivity contribution in [1.82, 2.24) is 0 Å². The predicted octanol–water partition coefficient (Wildman–Crippen LogP) is 3.49. The number of rotatable bonds is 5. The van der Waals surface area contributed by atoms with Crippen LogP contribution in [0.15, 0.2) is 57.7 Å². The van der Waals surface area contributed by atoms with E-state index in [1.807, 2.05) is 36.4 Å². The van der Waals surface area contributed by atoms with Crippen LogP contribution in [0.2, 0.25) is 0 Å². The third-order valence-electron chi connectivity index (χ3n) is 3.84. The van der Waals surface area contributed by atoms with E-state index in [0.717, 1.165) is 22.1 Å². The molecule has 0 aliphatic rings. The van der Waals surface area contributed by atoms with Crippen molar-refractivity contribution < 1.29 is 19.1 Å². The zero-order valence-corrected chi connectivity index (χ0v) is 13.1. The fourth-order valence-electron chi connectivity index (χ4n) is 2.72.